The lowest BCUT2D eigenvalue weighted by Gasteiger charge is -2.40. The van der Waals surface area contributed by atoms with E-state index in [0.717, 1.165) is 11.1 Å². The third kappa shape index (κ3) is 2.63. The molecule has 1 heterocycles. The van der Waals surface area contributed by atoms with Gasteiger partial charge in [0.15, 0.2) is 0 Å². The molecule has 2 heteroatoms. The Hall–Kier alpha value is -2.68. The summed E-state index contributed by atoms with van der Waals surface area (Å²) >= 11 is 0. The largest absolute Gasteiger partial charge is 0.379 e. The van der Waals surface area contributed by atoms with Gasteiger partial charge < -0.3 is 10.4 Å². The van der Waals surface area contributed by atoms with Crippen molar-refractivity contribution < 1.29 is 5.11 Å². The van der Waals surface area contributed by atoms with Crippen LogP contribution in [0.25, 0.3) is 21.5 Å². The molecule has 144 valence electrons. The summed E-state index contributed by atoms with van der Waals surface area (Å²) in [6, 6.07) is 30.2. The van der Waals surface area contributed by atoms with Crippen molar-refractivity contribution in [3.8, 4) is 0 Å². The lowest BCUT2D eigenvalue weighted by Crippen LogP contribution is -2.52. The van der Waals surface area contributed by atoms with Gasteiger partial charge >= 0.3 is 0 Å². The van der Waals surface area contributed by atoms with Crippen molar-refractivity contribution in [3.05, 3.63) is 96.1 Å². The molecule has 29 heavy (non-hydrogen) atoms. The van der Waals surface area contributed by atoms with Crippen LogP contribution in [0.1, 0.15) is 30.4 Å². The predicted octanol–water partition coefficient (Wildman–Crippen LogP) is 5.37. The van der Waals surface area contributed by atoms with E-state index in [-0.39, 0.29) is 6.04 Å². The summed E-state index contributed by atoms with van der Waals surface area (Å²) < 4.78 is 0. The average molecular weight is 380 g/mol. The number of aliphatic hydroxyl groups is 1. The van der Waals surface area contributed by atoms with Crippen LogP contribution in [0.3, 0.4) is 0 Å². The highest BCUT2D eigenvalue weighted by atomic mass is 16.3. The summed E-state index contributed by atoms with van der Waals surface area (Å²) in [5.74, 6) is 0.517. The average Bonchev–Trinajstić information content (AvgIpc) is 3.42. The van der Waals surface area contributed by atoms with Gasteiger partial charge in [-0.25, -0.2) is 0 Å². The molecule has 2 aliphatic rings. The maximum absolute atomic E-state index is 12.4. The normalized spacial score (nSPS) is 23.8. The first kappa shape index (κ1) is 17.2. The Balaban J connectivity index is 1.57. The number of hydrogen-bond acceptors (Lipinski definition) is 2. The molecule has 0 amide bonds. The van der Waals surface area contributed by atoms with Crippen molar-refractivity contribution >= 4 is 21.5 Å². The first-order valence-electron chi connectivity index (χ1n) is 10.7. The third-order valence-corrected chi connectivity index (χ3v) is 7.19. The SMILES string of the molecule is OC(c1ccc2ccccc2c1)(c1ccc2ccccc2c1)[C@@H]1N[C@H]2CC[C@@H]1C2. The smallest absolute Gasteiger partial charge is 0.130 e. The van der Waals surface area contributed by atoms with Gasteiger partial charge in [0.1, 0.15) is 5.60 Å². The van der Waals surface area contributed by atoms with Crippen LogP contribution in [0.4, 0.5) is 0 Å². The molecule has 0 aromatic heterocycles. The second-order valence-corrected chi connectivity index (χ2v) is 8.80. The monoisotopic (exact) mass is 379 g/mol. The van der Waals surface area contributed by atoms with E-state index in [0.29, 0.717) is 12.0 Å². The van der Waals surface area contributed by atoms with E-state index in [1.54, 1.807) is 0 Å². The van der Waals surface area contributed by atoms with E-state index in [1.807, 2.05) is 0 Å². The van der Waals surface area contributed by atoms with Gasteiger partial charge in [0.25, 0.3) is 0 Å². The fraction of sp³-hybridized carbons (Fsp3) is 0.259. The van der Waals surface area contributed by atoms with Gasteiger partial charge in [-0.1, -0.05) is 72.8 Å². The van der Waals surface area contributed by atoms with Gasteiger partial charge in [-0.3, -0.25) is 0 Å². The van der Waals surface area contributed by atoms with Gasteiger partial charge in [0.05, 0.1) is 0 Å². The van der Waals surface area contributed by atoms with E-state index < -0.39 is 5.60 Å². The van der Waals surface area contributed by atoms with Gasteiger partial charge in [0, 0.05) is 12.1 Å². The van der Waals surface area contributed by atoms with Crippen molar-refractivity contribution in [2.45, 2.75) is 36.9 Å². The Kier molecular flexibility index (Phi) is 3.80. The molecule has 4 aromatic carbocycles. The van der Waals surface area contributed by atoms with Crippen molar-refractivity contribution in [2.75, 3.05) is 0 Å². The lowest BCUT2D eigenvalue weighted by molar-refractivity contribution is 0.0204. The highest BCUT2D eigenvalue weighted by molar-refractivity contribution is 5.85. The quantitative estimate of drug-likeness (QED) is 0.502. The Morgan fingerprint density at radius 3 is 1.72 bits per heavy atom. The van der Waals surface area contributed by atoms with Crippen LogP contribution in [0.2, 0.25) is 0 Å². The molecule has 0 unspecified atom stereocenters. The molecule has 4 aromatic rings. The predicted molar refractivity (Wildman–Crippen MR) is 119 cm³/mol. The Morgan fingerprint density at radius 1 is 0.690 bits per heavy atom. The number of fused-ring (bicyclic) bond motifs is 4. The molecular formula is C27H25NO. The molecule has 2 N–H and O–H groups in total. The fourth-order valence-corrected chi connectivity index (χ4v) is 5.70. The van der Waals surface area contributed by atoms with E-state index in [9.17, 15) is 5.11 Å². The molecule has 1 aliphatic carbocycles. The van der Waals surface area contributed by atoms with Crippen LogP contribution in [-0.2, 0) is 5.60 Å². The van der Waals surface area contributed by atoms with E-state index in [2.05, 4.69) is 90.2 Å². The molecule has 1 saturated heterocycles. The summed E-state index contributed by atoms with van der Waals surface area (Å²) in [5, 5.41) is 21.0. The lowest BCUT2D eigenvalue weighted by atomic mass is 9.74. The van der Waals surface area contributed by atoms with Crippen LogP contribution in [0.15, 0.2) is 84.9 Å². The second kappa shape index (κ2) is 6.41. The molecule has 0 spiro atoms. The van der Waals surface area contributed by atoms with Crippen molar-refractivity contribution in [2.24, 2.45) is 5.92 Å². The zero-order chi connectivity index (χ0) is 19.4. The van der Waals surface area contributed by atoms with Gasteiger partial charge in [-0.05, 0) is 70.0 Å². The fourth-order valence-electron chi connectivity index (χ4n) is 5.70. The molecule has 2 bridgehead atoms. The van der Waals surface area contributed by atoms with Crippen LogP contribution >= 0.6 is 0 Å². The second-order valence-electron chi connectivity index (χ2n) is 8.80. The summed E-state index contributed by atoms with van der Waals surface area (Å²) in [6.07, 6.45) is 3.60. The van der Waals surface area contributed by atoms with Crippen LogP contribution in [0.5, 0.6) is 0 Å². The third-order valence-electron chi connectivity index (χ3n) is 7.19. The molecule has 2 fully saturated rings. The van der Waals surface area contributed by atoms with Gasteiger partial charge in [-0.2, -0.15) is 0 Å². The van der Waals surface area contributed by atoms with Gasteiger partial charge in [0.2, 0.25) is 0 Å². The van der Waals surface area contributed by atoms with Crippen LogP contribution < -0.4 is 5.32 Å². The zero-order valence-corrected chi connectivity index (χ0v) is 16.4. The Morgan fingerprint density at radius 2 is 1.24 bits per heavy atom. The topological polar surface area (TPSA) is 32.3 Å². The zero-order valence-electron chi connectivity index (χ0n) is 16.4. The number of benzene rings is 4. The number of nitrogens with one attached hydrogen (secondary N) is 1. The minimum atomic E-state index is -1.05. The Labute approximate surface area is 171 Å². The first-order valence-corrected chi connectivity index (χ1v) is 10.7. The van der Waals surface area contributed by atoms with Crippen LogP contribution in [-0.4, -0.2) is 17.2 Å². The minimum absolute atomic E-state index is 0.0450. The van der Waals surface area contributed by atoms with Crippen molar-refractivity contribution in [1.29, 1.82) is 0 Å². The number of piperidine rings is 1. The molecule has 1 aliphatic heterocycles. The molecule has 6 rings (SSSR count). The first-order chi connectivity index (χ1) is 14.2. The van der Waals surface area contributed by atoms with Crippen molar-refractivity contribution in [3.63, 3.8) is 0 Å². The summed E-state index contributed by atoms with van der Waals surface area (Å²) in [5.41, 5.74) is 0.918. The van der Waals surface area contributed by atoms with Gasteiger partial charge in [-0.15, -0.1) is 0 Å². The van der Waals surface area contributed by atoms with Crippen molar-refractivity contribution in [1.82, 2.24) is 5.32 Å². The maximum Gasteiger partial charge on any atom is 0.130 e. The molecule has 2 nitrogen and oxygen atoms in total. The summed E-state index contributed by atoms with van der Waals surface area (Å²) in [4.78, 5) is 0. The number of hydrogen-bond donors (Lipinski definition) is 2. The summed E-state index contributed by atoms with van der Waals surface area (Å²) in [7, 11) is 0. The standard InChI is InChI=1S/C27H25NO/c29-27(26-22-11-14-25(17-22)28-26,23-12-9-18-5-1-3-7-20(18)15-23)24-13-10-19-6-2-4-8-21(19)16-24/h1-10,12-13,15-16,22,25-26,28-29H,11,14,17H2/t22-,25+,26-/m1/s1. The maximum atomic E-state index is 12.4. The molecular weight excluding hydrogens is 354 g/mol. The summed E-state index contributed by atoms with van der Waals surface area (Å²) in [6.45, 7) is 0. The minimum Gasteiger partial charge on any atom is -0.379 e. The van der Waals surface area contributed by atoms with E-state index in [1.165, 1.54) is 40.8 Å². The highest BCUT2D eigenvalue weighted by Crippen LogP contribution is 2.46. The molecule has 3 atom stereocenters. The van der Waals surface area contributed by atoms with Crippen LogP contribution in [0, 0.1) is 5.92 Å². The number of rotatable bonds is 3. The van der Waals surface area contributed by atoms with E-state index in [4.69, 9.17) is 0 Å². The Bertz CT molecular complexity index is 1130. The van der Waals surface area contributed by atoms with E-state index >= 15 is 0 Å². The highest BCUT2D eigenvalue weighted by Gasteiger charge is 2.51. The molecule has 0 radical (unpaired) electrons. The molecule has 1 saturated carbocycles.